The van der Waals surface area contributed by atoms with Crippen molar-refractivity contribution in [2.24, 2.45) is 51.2 Å². The summed E-state index contributed by atoms with van der Waals surface area (Å²) in [5, 5.41) is 24.1. The van der Waals surface area contributed by atoms with Crippen molar-refractivity contribution in [3.8, 4) is 0 Å². The Labute approximate surface area is 241 Å². The maximum Gasteiger partial charge on any atom is 0.410 e. The van der Waals surface area contributed by atoms with Crippen molar-refractivity contribution in [2.75, 3.05) is 19.7 Å². The van der Waals surface area contributed by atoms with Crippen LogP contribution < -0.4 is 0 Å². The van der Waals surface area contributed by atoms with Gasteiger partial charge in [0, 0.05) is 37.3 Å². The van der Waals surface area contributed by atoms with Crippen molar-refractivity contribution in [3.63, 3.8) is 0 Å². The molecule has 0 aromatic carbocycles. The number of piperidine rings is 1. The molecule has 2 N–H and O–H groups in total. The van der Waals surface area contributed by atoms with Crippen LogP contribution in [0.25, 0.3) is 0 Å². The topological polar surface area (TPSA) is 130 Å². The number of hydrogen-bond acceptors (Lipinski definition) is 8. The number of ether oxygens (including phenoxy) is 2. The summed E-state index contributed by atoms with van der Waals surface area (Å²) in [7, 11) is 0. The molecule has 0 radical (unpaired) electrons. The first kappa shape index (κ1) is 27.7. The molecule has 9 nitrogen and oxygen atoms in total. The van der Waals surface area contributed by atoms with Crippen LogP contribution in [0, 0.1) is 51.2 Å². The summed E-state index contributed by atoms with van der Waals surface area (Å²) in [6.45, 7) is 14.5. The Balaban J connectivity index is 1.23. The largest absolute Gasteiger partial charge is 0.444 e. The summed E-state index contributed by atoms with van der Waals surface area (Å²) in [5.74, 6) is -4.86. The van der Waals surface area contributed by atoms with E-state index in [2.05, 4.69) is 6.58 Å². The molecular formula is C32H43NO8. The van der Waals surface area contributed by atoms with Crippen LogP contribution >= 0.6 is 0 Å². The fourth-order valence-electron chi connectivity index (χ4n) is 11.2. The number of aliphatic hydroxyl groups is 2. The summed E-state index contributed by atoms with van der Waals surface area (Å²) in [4.78, 5) is 57.2. The summed E-state index contributed by atoms with van der Waals surface area (Å²) >= 11 is 0. The first-order chi connectivity index (χ1) is 19.0. The lowest BCUT2D eigenvalue weighted by atomic mass is 9.18. The van der Waals surface area contributed by atoms with Gasteiger partial charge in [-0.3, -0.25) is 14.4 Å². The van der Waals surface area contributed by atoms with E-state index in [4.69, 9.17) is 9.47 Å². The van der Waals surface area contributed by atoms with Gasteiger partial charge in [0.2, 0.25) is 5.79 Å². The zero-order valence-corrected chi connectivity index (χ0v) is 24.8. The predicted octanol–water partition coefficient (Wildman–Crippen LogP) is 3.06. The molecule has 1 amide bonds. The highest BCUT2D eigenvalue weighted by molar-refractivity contribution is 6.21. The van der Waals surface area contributed by atoms with Gasteiger partial charge in [-0.1, -0.05) is 26.0 Å². The van der Waals surface area contributed by atoms with Gasteiger partial charge in [0.15, 0.2) is 11.6 Å². The number of rotatable bonds is 2. The Morgan fingerprint density at radius 2 is 1.73 bits per heavy atom. The molecular weight excluding hydrogens is 526 g/mol. The first-order valence-corrected chi connectivity index (χ1v) is 15.4. The number of nitrogens with zero attached hydrogens (tertiary/aromatic N) is 1. The quantitative estimate of drug-likeness (QED) is 0.383. The van der Waals surface area contributed by atoms with E-state index in [1.165, 1.54) is 0 Å². The fraction of sp³-hybridized carbons (Fsp3) is 0.812. The molecule has 9 atom stereocenters. The zero-order chi connectivity index (χ0) is 29.7. The van der Waals surface area contributed by atoms with Gasteiger partial charge in [-0.2, -0.15) is 0 Å². The molecule has 8 aliphatic rings. The molecule has 5 aliphatic carbocycles. The lowest BCUT2D eigenvalue weighted by molar-refractivity contribution is -0.460. The number of fused-ring (bicyclic) bond motifs is 1. The van der Waals surface area contributed by atoms with Crippen LogP contribution in [0.5, 0.6) is 0 Å². The van der Waals surface area contributed by atoms with Crippen LogP contribution in [0.2, 0.25) is 0 Å². The van der Waals surface area contributed by atoms with Gasteiger partial charge >= 0.3 is 6.09 Å². The van der Waals surface area contributed by atoms with Crippen LogP contribution in [0.1, 0.15) is 73.1 Å². The van der Waals surface area contributed by atoms with Gasteiger partial charge in [0.05, 0.1) is 17.4 Å². The third-order valence-electron chi connectivity index (χ3n) is 12.6. The minimum absolute atomic E-state index is 0.00437. The minimum atomic E-state index is -2.15. The second kappa shape index (κ2) is 7.88. The maximum atomic E-state index is 14.8. The normalized spacial score (nSPS) is 47.9. The van der Waals surface area contributed by atoms with Crippen LogP contribution in [0.15, 0.2) is 12.2 Å². The van der Waals surface area contributed by atoms with E-state index >= 15 is 0 Å². The Kier molecular flexibility index (Phi) is 5.33. The third-order valence-corrected chi connectivity index (χ3v) is 12.6. The molecule has 5 saturated carbocycles. The van der Waals surface area contributed by atoms with Crippen LogP contribution in [0.3, 0.4) is 0 Å². The van der Waals surface area contributed by atoms with E-state index in [9.17, 15) is 29.4 Å². The lowest BCUT2D eigenvalue weighted by Gasteiger charge is -2.84. The molecule has 3 aliphatic heterocycles. The van der Waals surface area contributed by atoms with E-state index in [-0.39, 0.29) is 24.1 Å². The van der Waals surface area contributed by atoms with Crippen molar-refractivity contribution < 1.29 is 38.9 Å². The molecule has 2 bridgehead atoms. The van der Waals surface area contributed by atoms with Gasteiger partial charge in [0.1, 0.15) is 22.9 Å². The molecule has 9 heteroatoms. The number of hydrogen-bond donors (Lipinski definition) is 2. The second-order valence-electron chi connectivity index (χ2n) is 15.7. The molecule has 41 heavy (non-hydrogen) atoms. The summed E-state index contributed by atoms with van der Waals surface area (Å²) in [5.41, 5.74) is -4.41. The van der Waals surface area contributed by atoms with E-state index in [0.717, 1.165) is 0 Å². The number of carbonyl (C=O) groups excluding carboxylic acids is 4. The predicted molar refractivity (Wildman–Crippen MR) is 145 cm³/mol. The third kappa shape index (κ3) is 2.81. The molecule has 3 saturated heterocycles. The SMILES string of the molecule is C=C1C2CCC3C45COC(O)(C(O)C4C(C)(C)CCC5=O)C34C(=O)C1(C(=O)C1CCN(C(=O)OC(C)(C)C)CC1)C24. The number of allylic oxidation sites excluding steroid dienone is 1. The smallest absolute Gasteiger partial charge is 0.410 e. The van der Waals surface area contributed by atoms with Crippen LogP contribution in [-0.2, 0) is 23.9 Å². The molecule has 2 spiro atoms. The van der Waals surface area contributed by atoms with E-state index in [1.807, 2.05) is 34.6 Å². The number of Topliss-reactive ketones (excluding diaryl/α,β-unsaturated/α-hetero) is 3. The van der Waals surface area contributed by atoms with E-state index in [0.29, 0.717) is 57.2 Å². The number of likely N-dealkylation sites (tertiary alicyclic amines) is 1. The molecule has 3 heterocycles. The number of ketones is 3. The van der Waals surface area contributed by atoms with Gasteiger partial charge in [-0.05, 0) is 70.1 Å². The molecule has 0 aromatic rings. The number of amides is 1. The first-order valence-electron chi connectivity index (χ1n) is 15.4. The number of carbonyl (C=O) groups is 4. The van der Waals surface area contributed by atoms with Crippen molar-refractivity contribution >= 4 is 23.4 Å². The summed E-state index contributed by atoms with van der Waals surface area (Å²) in [6, 6.07) is 0. The zero-order valence-electron chi connectivity index (χ0n) is 24.8. The highest BCUT2D eigenvalue weighted by Crippen LogP contribution is 2.87. The van der Waals surface area contributed by atoms with Crippen molar-refractivity contribution in [3.05, 3.63) is 12.2 Å². The minimum Gasteiger partial charge on any atom is -0.444 e. The number of aliphatic hydroxyl groups excluding tert-OH is 1. The molecule has 9 unspecified atom stereocenters. The lowest BCUT2D eigenvalue weighted by Crippen LogP contribution is -2.95. The fourth-order valence-corrected chi connectivity index (χ4v) is 11.2. The van der Waals surface area contributed by atoms with Crippen molar-refractivity contribution in [2.45, 2.75) is 90.6 Å². The highest BCUT2D eigenvalue weighted by atomic mass is 16.6. The second-order valence-corrected chi connectivity index (χ2v) is 15.7. The standard InChI is InChI=1S/C32H43NO8/c1-16-18-7-8-19-29-15-40-32(39,24(36)22(29)28(5,6)12-9-20(29)34)31(19)21(18)30(16,25(31)37)23(35)17-10-13-33(14-11-17)26(38)41-27(2,3)4/h17-19,21-22,24,36,39H,1,7-15H2,2-6H3. The Hall–Kier alpha value is -2.10. The molecule has 8 rings (SSSR count). The Morgan fingerprint density at radius 3 is 2.37 bits per heavy atom. The average Bonchev–Trinajstić information content (AvgIpc) is 2.90. The average molecular weight is 570 g/mol. The monoisotopic (exact) mass is 569 g/mol. The van der Waals surface area contributed by atoms with Gasteiger partial charge < -0.3 is 24.6 Å². The highest BCUT2D eigenvalue weighted by Gasteiger charge is 2.96. The summed E-state index contributed by atoms with van der Waals surface area (Å²) in [6.07, 6.45) is 1.21. The van der Waals surface area contributed by atoms with Gasteiger partial charge in [-0.15, -0.1) is 0 Å². The van der Waals surface area contributed by atoms with E-state index < -0.39 is 74.7 Å². The Bertz CT molecular complexity index is 1290. The van der Waals surface area contributed by atoms with Crippen molar-refractivity contribution in [1.29, 1.82) is 0 Å². The Morgan fingerprint density at radius 1 is 1.07 bits per heavy atom. The maximum absolute atomic E-state index is 14.8. The molecule has 8 fully saturated rings. The van der Waals surface area contributed by atoms with Gasteiger partial charge in [-0.25, -0.2) is 4.79 Å². The van der Waals surface area contributed by atoms with Crippen LogP contribution in [-0.4, -0.2) is 75.7 Å². The van der Waals surface area contributed by atoms with Gasteiger partial charge in [0.25, 0.3) is 0 Å². The van der Waals surface area contributed by atoms with Crippen LogP contribution in [0.4, 0.5) is 4.79 Å². The van der Waals surface area contributed by atoms with Crippen molar-refractivity contribution in [1.82, 2.24) is 4.90 Å². The summed E-state index contributed by atoms with van der Waals surface area (Å²) < 4.78 is 11.6. The molecule has 224 valence electrons. The molecule has 0 aromatic heterocycles. The van der Waals surface area contributed by atoms with E-state index in [1.54, 1.807) is 4.90 Å².